The molecule has 0 aliphatic rings. The number of esters is 1. The number of hydrogen-bond donors (Lipinski definition) is 3. The molecule has 2 aromatic rings. The Balaban J connectivity index is 2.02. The molecule has 6 nitrogen and oxygen atoms in total. The third-order valence-corrected chi connectivity index (χ3v) is 4.01. The molecular formula is C20H22F2O6. The number of ether oxygens (including phenoxy) is 2. The van der Waals surface area contributed by atoms with Crippen molar-refractivity contribution in [3.63, 3.8) is 0 Å². The number of benzene rings is 2. The van der Waals surface area contributed by atoms with Crippen LogP contribution in [0.3, 0.4) is 0 Å². The summed E-state index contributed by atoms with van der Waals surface area (Å²) < 4.78 is 39.1. The summed E-state index contributed by atoms with van der Waals surface area (Å²) in [6, 6.07) is 16.1. The first-order valence-electron chi connectivity index (χ1n) is 8.58. The molecule has 152 valence electrons. The minimum absolute atomic E-state index is 0.144. The fraction of sp³-hybridized carbons (Fsp3) is 0.350. The van der Waals surface area contributed by atoms with E-state index in [-0.39, 0.29) is 12.2 Å². The van der Waals surface area contributed by atoms with E-state index >= 15 is 0 Å². The minimum Gasteiger partial charge on any atom is -0.459 e. The zero-order valence-electron chi connectivity index (χ0n) is 14.9. The SMILES string of the molecule is O=C(OC[C@@H](O)C(F)(F)[C@H](OCc1ccccc1)[C@H](O)CO)c1ccccc1. The number of carbonyl (C=O) groups excluding carboxylic acids is 1. The van der Waals surface area contributed by atoms with E-state index in [0.717, 1.165) is 0 Å². The highest BCUT2D eigenvalue weighted by molar-refractivity contribution is 5.89. The van der Waals surface area contributed by atoms with Gasteiger partial charge in [-0.25, -0.2) is 13.6 Å². The molecule has 0 spiro atoms. The number of rotatable bonds is 10. The van der Waals surface area contributed by atoms with E-state index in [9.17, 15) is 23.8 Å². The molecule has 0 bridgehead atoms. The Kier molecular flexibility index (Phi) is 8.01. The van der Waals surface area contributed by atoms with Crippen molar-refractivity contribution < 1.29 is 38.4 Å². The van der Waals surface area contributed by atoms with Crippen LogP contribution in [-0.2, 0) is 16.1 Å². The Morgan fingerprint density at radius 2 is 1.57 bits per heavy atom. The summed E-state index contributed by atoms with van der Waals surface area (Å²) in [5.41, 5.74) is 0.712. The third kappa shape index (κ3) is 5.80. The van der Waals surface area contributed by atoms with E-state index in [1.165, 1.54) is 12.1 Å². The van der Waals surface area contributed by atoms with Crippen LogP contribution in [0.1, 0.15) is 15.9 Å². The van der Waals surface area contributed by atoms with Gasteiger partial charge >= 0.3 is 11.9 Å². The van der Waals surface area contributed by atoms with Crippen LogP contribution < -0.4 is 0 Å². The number of alkyl halides is 2. The summed E-state index contributed by atoms with van der Waals surface area (Å²) >= 11 is 0. The Labute approximate surface area is 161 Å². The quantitative estimate of drug-likeness (QED) is 0.530. The van der Waals surface area contributed by atoms with Crippen molar-refractivity contribution in [3.8, 4) is 0 Å². The summed E-state index contributed by atoms with van der Waals surface area (Å²) in [4.78, 5) is 11.8. The number of carbonyl (C=O) groups is 1. The van der Waals surface area contributed by atoms with Crippen LogP contribution in [0.4, 0.5) is 8.78 Å². The predicted octanol–water partition coefficient (Wildman–Crippen LogP) is 1.78. The van der Waals surface area contributed by atoms with Gasteiger partial charge in [0.2, 0.25) is 0 Å². The van der Waals surface area contributed by atoms with Gasteiger partial charge in [0.15, 0.2) is 12.2 Å². The molecule has 8 heteroatoms. The normalized spacial score (nSPS) is 14.9. The molecule has 2 rings (SSSR count). The van der Waals surface area contributed by atoms with Gasteiger partial charge in [-0.15, -0.1) is 0 Å². The van der Waals surface area contributed by atoms with Crippen molar-refractivity contribution in [3.05, 3.63) is 71.8 Å². The maximum Gasteiger partial charge on any atom is 0.338 e. The summed E-state index contributed by atoms with van der Waals surface area (Å²) in [6.07, 6.45) is -6.59. The molecule has 0 fully saturated rings. The van der Waals surface area contributed by atoms with Crippen LogP contribution in [0.2, 0.25) is 0 Å². The lowest BCUT2D eigenvalue weighted by Crippen LogP contribution is -2.54. The van der Waals surface area contributed by atoms with Gasteiger partial charge in [0.1, 0.15) is 12.7 Å². The Bertz CT molecular complexity index is 726. The van der Waals surface area contributed by atoms with E-state index < -0.39 is 43.4 Å². The van der Waals surface area contributed by atoms with Gasteiger partial charge in [0.25, 0.3) is 0 Å². The third-order valence-electron chi connectivity index (χ3n) is 4.01. The summed E-state index contributed by atoms with van der Waals surface area (Å²) in [7, 11) is 0. The first kappa shape index (κ1) is 21.9. The minimum atomic E-state index is -3.99. The summed E-state index contributed by atoms with van der Waals surface area (Å²) in [6.45, 7) is -2.27. The van der Waals surface area contributed by atoms with Crippen molar-refractivity contribution in [2.45, 2.75) is 30.8 Å². The number of hydrogen-bond acceptors (Lipinski definition) is 6. The summed E-state index contributed by atoms with van der Waals surface area (Å²) in [5.74, 6) is -4.87. The van der Waals surface area contributed by atoms with E-state index in [2.05, 4.69) is 0 Å². The smallest absolute Gasteiger partial charge is 0.338 e. The van der Waals surface area contributed by atoms with E-state index in [1.807, 2.05) is 0 Å². The molecule has 0 heterocycles. The maximum absolute atomic E-state index is 14.6. The molecule has 0 saturated heterocycles. The van der Waals surface area contributed by atoms with Gasteiger partial charge in [0.05, 0.1) is 18.8 Å². The van der Waals surface area contributed by atoms with Crippen LogP contribution in [0.25, 0.3) is 0 Å². The summed E-state index contributed by atoms with van der Waals surface area (Å²) in [5, 5.41) is 28.7. The highest BCUT2D eigenvalue weighted by atomic mass is 19.3. The zero-order chi connectivity index (χ0) is 20.6. The molecule has 0 aromatic heterocycles. The monoisotopic (exact) mass is 396 g/mol. The van der Waals surface area contributed by atoms with Crippen molar-refractivity contribution in [1.29, 1.82) is 0 Å². The molecule has 3 N–H and O–H groups in total. The zero-order valence-corrected chi connectivity index (χ0v) is 14.9. The number of aliphatic hydroxyl groups excluding tert-OH is 3. The van der Waals surface area contributed by atoms with Crippen molar-refractivity contribution in [2.24, 2.45) is 0 Å². The first-order valence-corrected chi connectivity index (χ1v) is 8.58. The fourth-order valence-corrected chi connectivity index (χ4v) is 2.45. The number of aliphatic hydroxyl groups is 3. The highest BCUT2D eigenvalue weighted by Gasteiger charge is 2.51. The molecule has 0 aliphatic heterocycles. The average Bonchev–Trinajstić information content (AvgIpc) is 2.72. The lowest BCUT2D eigenvalue weighted by atomic mass is 10.0. The predicted molar refractivity (Wildman–Crippen MR) is 95.8 cm³/mol. The topological polar surface area (TPSA) is 96.2 Å². The molecule has 2 aromatic carbocycles. The Hall–Kier alpha value is -2.39. The lowest BCUT2D eigenvalue weighted by Gasteiger charge is -2.32. The molecule has 0 radical (unpaired) electrons. The molecular weight excluding hydrogens is 374 g/mol. The maximum atomic E-state index is 14.6. The van der Waals surface area contributed by atoms with E-state index in [1.54, 1.807) is 48.5 Å². The van der Waals surface area contributed by atoms with Gasteiger partial charge in [0, 0.05) is 0 Å². The molecule has 0 saturated carbocycles. The first-order chi connectivity index (χ1) is 13.4. The molecule has 3 atom stereocenters. The molecule has 28 heavy (non-hydrogen) atoms. The second kappa shape index (κ2) is 10.2. The number of halogens is 2. The van der Waals surface area contributed by atoms with Crippen molar-refractivity contribution in [1.82, 2.24) is 0 Å². The van der Waals surface area contributed by atoms with Crippen LogP contribution in [0.5, 0.6) is 0 Å². The van der Waals surface area contributed by atoms with Crippen molar-refractivity contribution >= 4 is 5.97 Å². The Morgan fingerprint density at radius 1 is 1.00 bits per heavy atom. The van der Waals surface area contributed by atoms with Crippen LogP contribution in [-0.4, -0.2) is 58.7 Å². The standard InChI is InChI=1S/C20H22F2O6/c21-20(22,17(25)13-28-19(26)15-9-5-2-6-10-15)18(16(24)11-23)27-12-14-7-3-1-4-8-14/h1-10,16-18,23-25H,11-13H2/t16-,17-,18-/m1/s1. The van der Waals surface area contributed by atoms with Crippen LogP contribution >= 0.6 is 0 Å². The second-order valence-corrected chi connectivity index (χ2v) is 6.12. The Morgan fingerprint density at radius 3 is 2.14 bits per heavy atom. The molecule has 0 aliphatic carbocycles. The van der Waals surface area contributed by atoms with Gasteiger partial charge < -0.3 is 24.8 Å². The highest BCUT2D eigenvalue weighted by Crippen LogP contribution is 2.29. The van der Waals surface area contributed by atoms with E-state index in [0.29, 0.717) is 5.56 Å². The molecule has 0 amide bonds. The lowest BCUT2D eigenvalue weighted by molar-refractivity contribution is -0.234. The van der Waals surface area contributed by atoms with Crippen LogP contribution in [0, 0.1) is 0 Å². The molecule has 0 unspecified atom stereocenters. The van der Waals surface area contributed by atoms with Gasteiger partial charge in [-0.1, -0.05) is 48.5 Å². The van der Waals surface area contributed by atoms with Crippen molar-refractivity contribution in [2.75, 3.05) is 13.2 Å². The van der Waals surface area contributed by atoms with Gasteiger partial charge in [-0.2, -0.15) is 0 Å². The fourth-order valence-electron chi connectivity index (χ4n) is 2.45. The van der Waals surface area contributed by atoms with Gasteiger partial charge in [-0.3, -0.25) is 0 Å². The van der Waals surface area contributed by atoms with E-state index in [4.69, 9.17) is 14.6 Å². The largest absolute Gasteiger partial charge is 0.459 e. The second-order valence-electron chi connectivity index (χ2n) is 6.12. The van der Waals surface area contributed by atoms with Gasteiger partial charge in [-0.05, 0) is 17.7 Å². The van der Waals surface area contributed by atoms with Crippen LogP contribution in [0.15, 0.2) is 60.7 Å². The average molecular weight is 396 g/mol.